The van der Waals surface area contributed by atoms with E-state index in [1.54, 1.807) is 0 Å². The Labute approximate surface area is 178 Å². The summed E-state index contributed by atoms with van der Waals surface area (Å²) in [5, 5.41) is 13.2. The molecule has 3 aromatic rings. The van der Waals surface area contributed by atoms with E-state index in [9.17, 15) is 35.9 Å². The number of benzene rings is 1. The Kier molecular flexibility index (Phi) is 5.35. The zero-order valence-electron chi connectivity index (χ0n) is 15.9. The quantitative estimate of drug-likeness (QED) is 0.344. The molecule has 1 aliphatic heterocycles. The molecule has 33 heavy (non-hydrogen) atoms. The smallest absolute Gasteiger partial charge is 0.399 e. The lowest BCUT2D eigenvalue weighted by atomic mass is 10.1. The largest absolute Gasteiger partial charge is 0.573 e. The average molecular weight is 473 g/mol. The van der Waals surface area contributed by atoms with Crippen molar-refractivity contribution < 1.29 is 40.7 Å². The number of aromatic nitrogens is 5. The molecule has 0 spiro atoms. The Morgan fingerprint density at radius 2 is 1.91 bits per heavy atom. The first-order chi connectivity index (χ1) is 15.6. The minimum absolute atomic E-state index is 0.0654. The van der Waals surface area contributed by atoms with Crippen molar-refractivity contribution in [1.29, 1.82) is 0 Å². The fraction of sp³-hybridized carbons (Fsp3) is 0.176. The SMILES string of the molecule is O=C1CN(Cc2ccncc2-c2nn[nH]n2)C(=O)N1c1cc(F)c(OC(F)(F)F)c(F)c1F. The normalized spacial score (nSPS) is 14.4. The summed E-state index contributed by atoms with van der Waals surface area (Å²) in [6.45, 7) is -0.856. The molecule has 172 valence electrons. The molecule has 4 rings (SSSR count). The Bertz CT molecular complexity index is 1230. The first-order valence-electron chi connectivity index (χ1n) is 8.78. The van der Waals surface area contributed by atoms with Crippen LogP contribution < -0.4 is 9.64 Å². The third-order valence-corrected chi connectivity index (χ3v) is 4.45. The maximum absolute atomic E-state index is 14.4. The van der Waals surface area contributed by atoms with Crippen molar-refractivity contribution in [3.05, 3.63) is 47.5 Å². The number of imide groups is 1. The molecule has 0 saturated carbocycles. The van der Waals surface area contributed by atoms with Gasteiger partial charge in [0.15, 0.2) is 11.6 Å². The summed E-state index contributed by atoms with van der Waals surface area (Å²) < 4.78 is 82.7. The number of nitrogens with zero attached hydrogens (tertiary/aromatic N) is 6. The summed E-state index contributed by atoms with van der Waals surface area (Å²) in [5.74, 6) is -9.39. The fourth-order valence-electron chi connectivity index (χ4n) is 3.09. The van der Waals surface area contributed by atoms with Crippen LogP contribution in [0.5, 0.6) is 5.75 Å². The van der Waals surface area contributed by atoms with Gasteiger partial charge in [-0.25, -0.2) is 18.5 Å². The van der Waals surface area contributed by atoms with Crippen LogP contribution in [0.2, 0.25) is 0 Å². The highest BCUT2D eigenvalue weighted by Gasteiger charge is 2.42. The molecule has 3 heterocycles. The second-order valence-corrected chi connectivity index (χ2v) is 6.52. The van der Waals surface area contributed by atoms with E-state index in [0.717, 1.165) is 4.90 Å². The van der Waals surface area contributed by atoms with Crippen LogP contribution in [-0.4, -0.2) is 55.4 Å². The molecule has 1 saturated heterocycles. The molecular weight excluding hydrogens is 464 g/mol. The number of urea groups is 1. The van der Waals surface area contributed by atoms with Gasteiger partial charge in [0.25, 0.3) is 5.91 Å². The van der Waals surface area contributed by atoms with Gasteiger partial charge in [-0.1, -0.05) is 0 Å². The van der Waals surface area contributed by atoms with Crippen LogP contribution in [0, 0.1) is 17.5 Å². The van der Waals surface area contributed by atoms with E-state index in [-0.39, 0.29) is 23.3 Å². The lowest BCUT2D eigenvalue weighted by Crippen LogP contribution is -2.34. The predicted molar refractivity (Wildman–Crippen MR) is 93.7 cm³/mol. The average Bonchev–Trinajstić information content (AvgIpc) is 3.37. The Morgan fingerprint density at radius 3 is 2.58 bits per heavy atom. The van der Waals surface area contributed by atoms with Gasteiger partial charge in [-0.3, -0.25) is 9.78 Å². The number of pyridine rings is 1. The highest BCUT2D eigenvalue weighted by atomic mass is 19.4. The molecule has 0 atom stereocenters. The topological polar surface area (TPSA) is 117 Å². The van der Waals surface area contributed by atoms with E-state index < -0.39 is 53.7 Å². The second kappa shape index (κ2) is 8.03. The van der Waals surface area contributed by atoms with Gasteiger partial charge < -0.3 is 9.64 Å². The van der Waals surface area contributed by atoms with Crippen molar-refractivity contribution in [3.63, 3.8) is 0 Å². The van der Waals surface area contributed by atoms with Crippen molar-refractivity contribution in [1.82, 2.24) is 30.5 Å². The van der Waals surface area contributed by atoms with Gasteiger partial charge in [-0.05, 0) is 16.8 Å². The van der Waals surface area contributed by atoms with E-state index in [2.05, 4.69) is 30.3 Å². The van der Waals surface area contributed by atoms with Gasteiger partial charge in [0, 0.05) is 30.6 Å². The number of rotatable bonds is 5. The van der Waals surface area contributed by atoms with Gasteiger partial charge in [0.2, 0.25) is 17.4 Å². The Balaban J connectivity index is 1.64. The summed E-state index contributed by atoms with van der Waals surface area (Å²) in [6.07, 6.45) is -2.76. The van der Waals surface area contributed by atoms with Crippen LogP contribution >= 0.6 is 0 Å². The van der Waals surface area contributed by atoms with Crippen LogP contribution in [0.15, 0.2) is 24.5 Å². The number of anilines is 1. The minimum atomic E-state index is -5.51. The number of carbonyl (C=O) groups is 2. The van der Waals surface area contributed by atoms with E-state index in [4.69, 9.17) is 0 Å². The zero-order valence-corrected chi connectivity index (χ0v) is 15.9. The molecule has 0 radical (unpaired) electrons. The van der Waals surface area contributed by atoms with Crippen molar-refractivity contribution in [2.45, 2.75) is 12.9 Å². The first-order valence-corrected chi connectivity index (χ1v) is 8.78. The van der Waals surface area contributed by atoms with Gasteiger partial charge >= 0.3 is 12.4 Å². The van der Waals surface area contributed by atoms with Crippen molar-refractivity contribution in [2.75, 3.05) is 11.4 Å². The van der Waals surface area contributed by atoms with Gasteiger partial charge in [-0.15, -0.1) is 23.4 Å². The molecule has 2 aromatic heterocycles. The standard InChI is InChI=1S/C17H9F6N7O3/c18-9-3-10(12(19)13(20)14(9)33-17(21,22)23)30-11(31)6-29(16(30)32)5-7-1-2-24-4-8(7)15-25-27-28-26-15/h1-4H,5-6H2,(H,25,26,27,28). The molecule has 0 bridgehead atoms. The van der Waals surface area contributed by atoms with Gasteiger partial charge in [0.05, 0.1) is 5.69 Å². The van der Waals surface area contributed by atoms with Crippen molar-refractivity contribution in [2.24, 2.45) is 0 Å². The molecule has 0 aliphatic carbocycles. The third-order valence-electron chi connectivity index (χ3n) is 4.45. The summed E-state index contributed by atoms with van der Waals surface area (Å²) in [6, 6.07) is 0.378. The lowest BCUT2D eigenvalue weighted by molar-refractivity contribution is -0.276. The maximum Gasteiger partial charge on any atom is 0.573 e. The number of ether oxygens (including phenoxy) is 1. The monoisotopic (exact) mass is 473 g/mol. The minimum Gasteiger partial charge on any atom is -0.399 e. The number of H-pyrrole nitrogens is 1. The second-order valence-electron chi connectivity index (χ2n) is 6.52. The summed E-state index contributed by atoms with van der Waals surface area (Å²) >= 11 is 0. The summed E-state index contributed by atoms with van der Waals surface area (Å²) in [5.41, 5.74) is -0.451. The summed E-state index contributed by atoms with van der Waals surface area (Å²) in [4.78, 5) is 30.1. The number of aromatic amines is 1. The molecular formula is C17H9F6N7O3. The van der Waals surface area contributed by atoms with Crippen LogP contribution in [0.25, 0.3) is 11.4 Å². The molecule has 1 N–H and O–H groups in total. The number of amides is 3. The molecule has 10 nitrogen and oxygen atoms in total. The fourth-order valence-corrected chi connectivity index (χ4v) is 3.09. The highest BCUT2D eigenvalue weighted by Crippen LogP contribution is 2.36. The number of hydrogen-bond acceptors (Lipinski definition) is 7. The molecule has 3 amide bonds. The van der Waals surface area contributed by atoms with E-state index in [0.29, 0.717) is 11.1 Å². The molecule has 1 aliphatic rings. The summed E-state index contributed by atoms with van der Waals surface area (Å²) in [7, 11) is 0. The van der Waals surface area contributed by atoms with E-state index in [1.807, 2.05) is 0 Å². The van der Waals surface area contributed by atoms with E-state index in [1.165, 1.54) is 18.5 Å². The van der Waals surface area contributed by atoms with Crippen LogP contribution in [0.4, 0.5) is 36.8 Å². The van der Waals surface area contributed by atoms with Gasteiger partial charge in [-0.2, -0.15) is 9.60 Å². The van der Waals surface area contributed by atoms with Crippen molar-refractivity contribution in [3.8, 4) is 17.1 Å². The van der Waals surface area contributed by atoms with E-state index >= 15 is 0 Å². The molecule has 1 fully saturated rings. The first kappa shape index (κ1) is 22.0. The zero-order chi connectivity index (χ0) is 23.9. The Morgan fingerprint density at radius 1 is 1.15 bits per heavy atom. The van der Waals surface area contributed by atoms with Gasteiger partial charge in [0.1, 0.15) is 6.54 Å². The molecule has 16 heteroatoms. The maximum atomic E-state index is 14.4. The molecule has 0 unspecified atom stereocenters. The van der Waals surface area contributed by atoms with Crippen LogP contribution in [-0.2, 0) is 11.3 Å². The molecule has 1 aromatic carbocycles. The third kappa shape index (κ3) is 4.13. The van der Waals surface area contributed by atoms with Crippen LogP contribution in [0.3, 0.4) is 0 Å². The number of tetrazole rings is 1. The number of halogens is 6. The Hall–Kier alpha value is -4.24. The highest BCUT2D eigenvalue weighted by molar-refractivity contribution is 6.19. The number of hydrogen-bond donors (Lipinski definition) is 1. The number of nitrogens with one attached hydrogen (secondary N) is 1. The lowest BCUT2D eigenvalue weighted by Gasteiger charge is -2.19. The van der Waals surface area contributed by atoms with Crippen molar-refractivity contribution >= 4 is 17.6 Å². The van der Waals surface area contributed by atoms with Crippen LogP contribution in [0.1, 0.15) is 5.56 Å². The number of alkyl halides is 3. The number of carbonyl (C=O) groups excluding carboxylic acids is 2. The predicted octanol–water partition coefficient (Wildman–Crippen LogP) is 2.55.